The zero-order valence-electron chi connectivity index (χ0n) is 15.5. The molecule has 2 aromatic rings. The molecule has 0 bridgehead atoms. The lowest BCUT2D eigenvalue weighted by molar-refractivity contribution is -0.132. The Morgan fingerprint density at radius 3 is 2.79 bits per heavy atom. The van der Waals surface area contributed by atoms with Crippen molar-refractivity contribution in [3.05, 3.63) is 58.6 Å². The van der Waals surface area contributed by atoms with E-state index in [4.69, 9.17) is 16.3 Å². The Balaban J connectivity index is 1.65. The van der Waals surface area contributed by atoms with Crippen LogP contribution in [0.3, 0.4) is 0 Å². The third-order valence-corrected chi connectivity index (χ3v) is 7.41. The normalized spacial score (nSPS) is 31.6. The molecule has 5 atom stereocenters. The highest BCUT2D eigenvalue weighted by molar-refractivity contribution is 7.13. The van der Waals surface area contributed by atoms with Crippen molar-refractivity contribution >= 4 is 39.8 Å². The molecular weight excluding hydrogens is 415 g/mol. The van der Waals surface area contributed by atoms with Crippen LogP contribution in [-0.4, -0.2) is 28.2 Å². The van der Waals surface area contributed by atoms with Gasteiger partial charge in [-0.05, 0) is 24.8 Å². The average molecular weight is 433 g/mol. The van der Waals surface area contributed by atoms with Crippen LogP contribution in [0.2, 0.25) is 0 Å². The van der Waals surface area contributed by atoms with Gasteiger partial charge in [-0.2, -0.15) is 0 Å². The van der Waals surface area contributed by atoms with Gasteiger partial charge in [0, 0.05) is 22.5 Å². The van der Waals surface area contributed by atoms with Gasteiger partial charge in [0.2, 0.25) is 0 Å². The summed E-state index contributed by atoms with van der Waals surface area (Å²) in [6.07, 6.45) is 2.28. The molecule has 0 N–H and O–H groups in total. The highest BCUT2D eigenvalue weighted by atomic mass is 35.5. The molecule has 0 radical (unpaired) electrons. The number of aromatic nitrogens is 1. The van der Waals surface area contributed by atoms with Crippen molar-refractivity contribution in [3.8, 4) is 0 Å². The minimum absolute atomic E-state index is 0.0277. The smallest absolute Gasteiger partial charge is 0.296 e. The number of ether oxygens (including phenoxy) is 1. The summed E-state index contributed by atoms with van der Waals surface area (Å²) in [7, 11) is 0. The first kappa shape index (κ1) is 18.8. The van der Waals surface area contributed by atoms with Crippen LogP contribution < -0.4 is 4.90 Å². The number of anilines is 1. The maximum Gasteiger partial charge on any atom is 0.296 e. The van der Waals surface area contributed by atoms with Gasteiger partial charge in [-0.15, -0.1) is 22.9 Å². The minimum Gasteiger partial charge on any atom is -0.483 e. The fourth-order valence-electron chi connectivity index (χ4n) is 4.54. The number of fused-ring (bicyclic) bond motifs is 1. The van der Waals surface area contributed by atoms with E-state index in [1.54, 1.807) is 29.8 Å². The molecule has 5 unspecified atom stereocenters. The number of halogens is 2. The summed E-state index contributed by atoms with van der Waals surface area (Å²) in [6.45, 7) is 2.02. The van der Waals surface area contributed by atoms with Crippen LogP contribution in [0.5, 0.6) is 0 Å². The molecule has 1 aromatic carbocycles. The third kappa shape index (κ3) is 2.82. The second-order valence-corrected chi connectivity index (χ2v) is 9.18. The number of thiazole rings is 1. The van der Waals surface area contributed by atoms with Gasteiger partial charge >= 0.3 is 0 Å². The van der Waals surface area contributed by atoms with Crippen molar-refractivity contribution in [2.45, 2.75) is 37.3 Å². The number of carbonyl (C=O) groups is 2. The summed E-state index contributed by atoms with van der Waals surface area (Å²) < 4.78 is 20.9. The highest BCUT2D eigenvalue weighted by Gasteiger charge is 2.54. The first-order chi connectivity index (χ1) is 14.0. The molecule has 1 saturated carbocycles. The summed E-state index contributed by atoms with van der Waals surface area (Å²) in [5, 5.41) is 2.01. The second kappa shape index (κ2) is 6.92. The molecule has 0 spiro atoms. The summed E-state index contributed by atoms with van der Waals surface area (Å²) in [5.41, 5.74) is 0.470. The molecule has 3 heterocycles. The van der Waals surface area contributed by atoms with Crippen molar-refractivity contribution in [1.29, 1.82) is 0 Å². The Bertz CT molecular complexity index is 1020. The summed E-state index contributed by atoms with van der Waals surface area (Å²) in [6, 6.07) is 5.29. The number of Topliss-reactive ketones (excluding diaryl/α,β-unsaturated/α-hetero) is 1. The number of hydrogen-bond donors (Lipinski definition) is 0. The molecule has 5 nitrogen and oxygen atoms in total. The Labute approximate surface area is 176 Å². The number of ketones is 1. The van der Waals surface area contributed by atoms with Crippen LogP contribution in [0, 0.1) is 17.7 Å². The molecule has 0 saturated heterocycles. The fourth-order valence-corrected chi connectivity index (χ4v) is 5.50. The number of benzene rings is 1. The van der Waals surface area contributed by atoms with Gasteiger partial charge in [-0.1, -0.05) is 25.1 Å². The molecule has 8 heteroatoms. The molecule has 5 rings (SSSR count). The molecule has 1 aromatic heterocycles. The third-order valence-electron chi connectivity index (χ3n) is 6.04. The summed E-state index contributed by atoms with van der Waals surface area (Å²) in [5.74, 6) is -1.32. The zero-order chi connectivity index (χ0) is 20.3. The van der Waals surface area contributed by atoms with E-state index in [2.05, 4.69) is 4.98 Å². The van der Waals surface area contributed by atoms with Crippen LogP contribution in [0.25, 0.3) is 0 Å². The van der Waals surface area contributed by atoms with Crippen LogP contribution in [-0.2, 0) is 14.3 Å². The molecule has 1 fully saturated rings. The Kier molecular flexibility index (Phi) is 4.47. The molecule has 2 aliphatic heterocycles. The highest BCUT2D eigenvalue weighted by Crippen LogP contribution is 2.50. The van der Waals surface area contributed by atoms with Crippen LogP contribution in [0.1, 0.15) is 31.4 Å². The number of nitrogens with zero attached hydrogens (tertiary/aromatic N) is 2. The van der Waals surface area contributed by atoms with E-state index >= 15 is 0 Å². The fraction of sp³-hybridized carbons (Fsp3) is 0.381. The van der Waals surface area contributed by atoms with Gasteiger partial charge in [0.15, 0.2) is 16.7 Å². The average Bonchev–Trinajstić information content (AvgIpc) is 3.31. The quantitative estimate of drug-likeness (QED) is 0.666. The van der Waals surface area contributed by atoms with E-state index in [1.807, 2.05) is 6.92 Å². The first-order valence-electron chi connectivity index (χ1n) is 9.54. The van der Waals surface area contributed by atoms with Crippen LogP contribution >= 0.6 is 22.9 Å². The zero-order valence-corrected chi connectivity index (χ0v) is 17.1. The van der Waals surface area contributed by atoms with E-state index in [9.17, 15) is 14.0 Å². The second-order valence-electron chi connectivity index (χ2n) is 7.75. The molecule has 1 aliphatic carbocycles. The van der Waals surface area contributed by atoms with Gasteiger partial charge in [-0.25, -0.2) is 9.37 Å². The SMILES string of the molecule is CC1CC2OC3=C(C(=O)C2CC1Cl)C(c1ccccc1F)N(c1nccs1)C3=O. The topological polar surface area (TPSA) is 59.5 Å². The standard InChI is InChI=1S/C21H18ClFN2O3S/c1-10-8-15-12(9-13(10)22)18(26)16-17(11-4-2-3-5-14(11)23)25(20(27)19(16)28-15)21-24-6-7-29-21/h2-7,10,12-13,15,17H,8-9H2,1H3. The molecule has 3 aliphatic rings. The lowest BCUT2D eigenvalue weighted by atomic mass is 9.74. The number of amides is 1. The van der Waals surface area contributed by atoms with E-state index in [0.717, 1.165) is 0 Å². The van der Waals surface area contributed by atoms with Gasteiger partial charge < -0.3 is 4.74 Å². The number of alkyl halides is 1. The molecule has 1 amide bonds. The monoisotopic (exact) mass is 432 g/mol. The van der Waals surface area contributed by atoms with Gasteiger partial charge in [0.1, 0.15) is 18.0 Å². The predicted molar refractivity (Wildman–Crippen MR) is 107 cm³/mol. The number of carbonyl (C=O) groups excluding carboxylic acids is 2. The minimum atomic E-state index is -0.897. The van der Waals surface area contributed by atoms with Crippen molar-refractivity contribution in [3.63, 3.8) is 0 Å². The van der Waals surface area contributed by atoms with Crippen LogP contribution in [0.4, 0.5) is 9.52 Å². The largest absolute Gasteiger partial charge is 0.483 e. The van der Waals surface area contributed by atoms with E-state index < -0.39 is 23.7 Å². The lowest BCUT2D eigenvalue weighted by Crippen LogP contribution is -2.44. The van der Waals surface area contributed by atoms with E-state index in [1.165, 1.54) is 22.3 Å². The van der Waals surface area contributed by atoms with Crippen molar-refractivity contribution in [1.82, 2.24) is 4.98 Å². The van der Waals surface area contributed by atoms with Gasteiger partial charge in [0.05, 0.1) is 11.5 Å². The van der Waals surface area contributed by atoms with Gasteiger partial charge in [0.25, 0.3) is 5.91 Å². The Hall–Kier alpha value is -2.25. The summed E-state index contributed by atoms with van der Waals surface area (Å²) in [4.78, 5) is 32.5. The van der Waals surface area contributed by atoms with Crippen LogP contribution in [0.15, 0.2) is 47.2 Å². The van der Waals surface area contributed by atoms with E-state index in [-0.39, 0.29) is 40.1 Å². The maximum atomic E-state index is 14.8. The Morgan fingerprint density at radius 2 is 2.07 bits per heavy atom. The van der Waals surface area contributed by atoms with Crippen molar-refractivity contribution in [2.24, 2.45) is 11.8 Å². The molecule has 150 valence electrons. The first-order valence-corrected chi connectivity index (χ1v) is 10.9. The summed E-state index contributed by atoms with van der Waals surface area (Å²) >= 11 is 7.70. The molecule has 29 heavy (non-hydrogen) atoms. The predicted octanol–water partition coefficient (Wildman–Crippen LogP) is 4.25. The Morgan fingerprint density at radius 1 is 1.28 bits per heavy atom. The number of rotatable bonds is 2. The lowest BCUT2D eigenvalue weighted by Gasteiger charge is -2.39. The van der Waals surface area contributed by atoms with Crippen molar-refractivity contribution < 1.29 is 18.7 Å². The molecular formula is C21H18ClFN2O3S. The van der Waals surface area contributed by atoms with Crippen molar-refractivity contribution in [2.75, 3.05) is 4.90 Å². The van der Waals surface area contributed by atoms with Gasteiger partial charge in [-0.3, -0.25) is 14.5 Å². The number of hydrogen-bond acceptors (Lipinski definition) is 5. The van der Waals surface area contributed by atoms with E-state index in [0.29, 0.717) is 18.0 Å². The maximum absolute atomic E-state index is 14.8.